The molecule has 0 aliphatic carbocycles. The van der Waals surface area contributed by atoms with Crippen molar-refractivity contribution >= 4 is 56.5 Å². The molecule has 0 fully saturated rings. The highest BCUT2D eigenvalue weighted by atomic mass is 35.5. The monoisotopic (exact) mass is 492 g/mol. The predicted molar refractivity (Wildman–Crippen MR) is 114 cm³/mol. The van der Waals surface area contributed by atoms with Crippen molar-refractivity contribution in [3.05, 3.63) is 91.4 Å². The van der Waals surface area contributed by atoms with Gasteiger partial charge >= 0.3 is 0 Å². The Kier molecular flexibility index (Phi) is 5.98. The van der Waals surface area contributed by atoms with Gasteiger partial charge < -0.3 is 10.2 Å². The van der Waals surface area contributed by atoms with Crippen LogP contribution in [0.3, 0.4) is 0 Å². The Morgan fingerprint density at radius 1 is 0.828 bits per heavy atom. The number of hydrogen-bond donors (Lipinski definition) is 3. The van der Waals surface area contributed by atoms with Gasteiger partial charge in [0.15, 0.2) is 4.75 Å². The maximum absolute atomic E-state index is 13.0. The van der Waals surface area contributed by atoms with Crippen molar-refractivity contribution in [2.75, 3.05) is 0 Å². The Morgan fingerprint density at radius 2 is 1.48 bits per heavy atom. The summed E-state index contributed by atoms with van der Waals surface area (Å²) < 4.78 is 34.0. The van der Waals surface area contributed by atoms with Crippen molar-refractivity contribution in [3.63, 3.8) is 0 Å². The molecule has 3 aromatic carbocycles. The minimum absolute atomic E-state index is 0.0410. The van der Waals surface area contributed by atoms with Crippen LogP contribution < -0.4 is 0 Å². The summed E-state index contributed by atoms with van der Waals surface area (Å²) in [6.07, 6.45) is 0. The van der Waals surface area contributed by atoms with Crippen molar-refractivity contribution in [2.24, 2.45) is 0 Å². The van der Waals surface area contributed by atoms with Gasteiger partial charge in [-0.05, 0) is 48.0 Å². The molecule has 1 unspecified atom stereocenters. The predicted octanol–water partition coefficient (Wildman–Crippen LogP) is 5.89. The van der Waals surface area contributed by atoms with Crippen molar-refractivity contribution in [1.82, 2.24) is 0 Å². The summed E-state index contributed by atoms with van der Waals surface area (Å²) in [7, 11) is -5.16. The normalized spacial score (nSPS) is 13.8. The lowest BCUT2D eigenvalue weighted by atomic mass is 9.83. The van der Waals surface area contributed by atoms with Crippen LogP contribution >= 0.6 is 46.4 Å². The molecule has 0 bridgehead atoms. The molecule has 0 aromatic heterocycles. The highest BCUT2D eigenvalue weighted by Gasteiger charge is 2.53. The smallest absolute Gasteiger partial charge is 0.283 e. The molecule has 29 heavy (non-hydrogen) atoms. The minimum Gasteiger partial charge on any atom is -0.508 e. The van der Waals surface area contributed by atoms with Crippen LogP contribution in [0.5, 0.6) is 11.5 Å². The minimum atomic E-state index is -5.16. The zero-order valence-corrected chi connectivity index (χ0v) is 18.1. The molecule has 0 radical (unpaired) electrons. The summed E-state index contributed by atoms with van der Waals surface area (Å²) in [5, 5.41) is 20.2. The number of aromatic hydroxyl groups is 2. The molecule has 152 valence electrons. The average molecular weight is 494 g/mol. The summed E-state index contributed by atoms with van der Waals surface area (Å²) in [4.78, 5) is 0. The molecule has 3 N–H and O–H groups in total. The molecule has 10 heteroatoms. The number of benzene rings is 3. The van der Waals surface area contributed by atoms with Crippen LogP contribution in [0.15, 0.2) is 54.6 Å². The molecule has 5 nitrogen and oxygen atoms in total. The first kappa shape index (κ1) is 22.0. The van der Waals surface area contributed by atoms with Crippen LogP contribution in [0.4, 0.5) is 0 Å². The summed E-state index contributed by atoms with van der Waals surface area (Å²) >= 11 is 24.9. The fourth-order valence-corrected chi connectivity index (χ4v) is 5.66. The van der Waals surface area contributed by atoms with Gasteiger partial charge in [-0.15, -0.1) is 0 Å². The van der Waals surface area contributed by atoms with Crippen LogP contribution in [0.2, 0.25) is 20.1 Å². The fraction of sp³-hybridized carbons (Fsp3) is 0.0526. The second-order valence-electron chi connectivity index (χ2n) is 6.09. The van der Waals surface area contributed by atoms with E-state index in [9.17, 15) is 23.2 Å². The van der Waals surface area contributed by atoms with Gasteiger partial charge in [0.05, 0.1) is 10.0 Å². The lowest BCUT2D eigenvalue weighted by Gasteiger charge is -2.34. The Hall–Kier alpha value is -1.67. The Bertz CT molecular complexity index is 1210. The summed E-state index contributed by atoms with van der Waals surface area (Å²) in [5.74, 6) is -0.922. The molecular formula is C19H12Cl4O5S. The molecule has 0 saturated carbocycles. The number of rotatable bonds is 4. The molecular weight excluding hydrogens is 482 g/mol. The van der Waals surface area contributed by atoms with Crippen molar-refractivity contribution in [3.8, 4) is 11.5 Å². The van der Waals surface area contributed by atoms with Crippen LogP contribution in [0, 0.1) is 0 Å². The summed E-state index contributed by atoms with van der Waals surface area (Å²) in [6.45, 7) is 0. The van der Waals surface area contributed by atoms with Gasteiger partial charge in [0.25, 0.3) is 10.1 Å². The van der Waals surface area contributed by atoms with Gasteiger partial charge in [0.1, 0.15) is 11.5 Å². The van der Waals surface area contributed by atoms with Gasteiger partial charge in [-0.3, -0.25) is 4.55 Å². The maximum Gasteiger partial charge on any atom is 0.283 e. The van der Waals surface area contributed by atoms with Gasteiger partial charge in [-0.25, -0.2) is 0 Å². The van der Waals surface area contributed by atoms with E-state index in [1.807, 2.05) is 0 Å². The average Bonchev–Trinajstić information content (AvgIpc) is 2.63. The highest BCUT2D eigenvalue weighted by molar-refractivity contribution is 7.87. The summed E-state index contributed by atoms with van der Waals surface area (Å²) in [6, 6.07) is 11.4. The van der Waals surface area contributed by atoms with Crippen molar-refractivity contribution in [1.29, 1.82) is 0 Å². The molecule has 0 heterocycles. The third-order valence-electron chi connectivity index (χ3n) is 4.37. The quantitative estimate of drug-likeness (QED) is 0.182. The van der Waals surface area contributed by atoms with Gasteiger partial charge in [-0.2, -0.15) is 8.42 Å². The Balaban J connectivity index is 2.68. The van der Waals surface area contributed by atoms with E-state index in [2.05, 4.69) is 0 Å². The Labute approximate surface area is 186 Å². The number of phenolic OH excluding ortho intramolecular Hbond substituents is 2. The lowest BCUT2D eigenvalue weighted by Crippen LogP contribution is -2.39. The Morgan fingerprint density at radius 3 is 2.10 bits per heavy atom. The second-order valence-corrected chi connectivity index (χ2v) is 9.28. The van der Waals surface area contributed by atoms with Gasteiger partial charge in [-0.1, -0.05) is 58.5 Å². The molecule has 0 spiro atoms. The van der Waals surface area contributed by atoms with Gasteiger partial charge in [0, 0.05) is 21.2 Å². The standard InChI is InChI=1S/C19H12Cl4O5S/c20-11-3-1-2-10(8-11)19(29(26,27)28,13-9-12(24)4-7-16(13)25)17-14(21)5-6-15(22)18(17)23/h1-9,24-25H,(H,26,27,28). The SMILES string of the molecule is O=S(=O)(O)C(c1cccc(Cl)c1)(c1cc(O)ccc1O)c1c(Cl)ccc(Cl)c1Cl. The van der Waals surface area contributed by atoms with Crippen LogP contribution in [0.25, 0.3) is 0 Å². The molecule has 3 rings (SSSR count). The van der Waals surface area contributed by atoms with E-state index in [-0.39, 0.29) is 37.0 Å². The van der Waals surface area contributed by atoms with Crippen LogP contribution in [-0.4, -0.2) is 23.2 Å². The van der Waals surface area contributed by atoms with E-state index in [0.29, 0.717) is 0 Å². The fourth-order valence-electron chi connectivity index (χ4n) is 3.21. The largest absolute Gasteiger partial charge is 0.508 e. The van der Waals surface area contributed by atoms with E-state index in [0.717, 1.165) is 18.2 Å². The molecule has 0 aliphatic rings. The van der Waals surface area contributed by atoms with E-state index in [4.69, 9.17) is 46.4 Å². The highest BCUT2D eigenvalue weighted by Crippen LogP contribution is 2.53. The first-order chi connectivity index (χ1) is 13.5. The number of hydrogen-bond acceptors (Lipinski definition) is 4. The first-order valence-corrected chi connectivity index (χ1v) is 10.8. The van der Waals surface area contributed by atoms with Crippen LogP contribution in [-0.2, 0) is 14.9 Å². The number of halogens is 4. The zero-order valence-electron chi connectivity index (χ0n) is 14.3. The molecule has 0 saturated heterocycles. The number of phenols is 2. The topological polar surface area (TPSA) is 94.8 Å². The van der Waals surface area contributed by atoms with Crippen LogP contribution in [0.1, 0.15) is 16.7 Å². The molecule has 3 aromatic rings. The van der Waals surface area contributed by atoms with E-state index in [1.165, 1.54) is 36.4 Å². The molecule has 0 amide bonds. The molecule has 1 atom stereocenters. The third kappa shape index (κ3) is 3.65. The maximum atomic E-state index is 13.0. The van der Waals surface area contributed by atoms with E-state index >= 15 is 0 Å². The van der Waals surface area contributed by atoms with E-state index in [1.54, 1.807) is 0 Å². The van der Waals surface area contributed by atoms with Gasteiger partial charge in [0.2, 0.25) is 0 Å². The second kappa shape index (κ2) is 7.87. The first-order valence-electron chi connectivity index (χ1n) is 7.89. The van der Waals surface area contributed by atoms with Crippen molar-refractivity contribution < 1.29 is 23.2 Å². The van der Waals surface area contributed by atoms with Crippen molar-refractivity contribution in [2.45, 2.75) is 4.75 Å². The van der Waals surface area contributed by atoms with E-state index < -0.39 is 26.2 Å². The lowest BCUT2D eigenvalue weighted by molar-refractivity contribution is 0.434. The molecule has 0 aliphatic heterocycles. The summed E-state index contributed by atoms with van der Waals surface area (Å²) in [5.41, 5.74) is -0.785. The zero-order chi connectivity index (χ0) is 21.6. The third-order valence-corrected chi connectivity index (χ3v) is 7.16.